The Morgan fingerprint density at radius 3 is 2.80 bits per heavy atom. The van der Waals surface area contributed by atoms with Crippen LogP contribution < -0.4 is 9.62 Å². The predicted octanol–water partition coefficient (Wildman–Crippen LogP) is 2.58. The van der Waals surface area contributed by atoms with Gasteiger partial charge in [0.15, 0.2) is 4.34 Å². The number of anilines is 2. The number of halogens is 1. The molecule has 11 heteroatoms. The van der Waals surface area contributed by atoms with Crippen LogP contribution in [0.5, 0.6) is 0 Å². The summed E-state index contributed by atoms with van der Waals surface area (Å²) in [6, 6.07) is 5.05. The Hall–Kier alpha value is -1.72. The molecule has 0 saturated heterocycles. The molecule has 0 bridgehead atoms. The van der Waals surface area contributed by atoms with Gasteiger partial charge in [0, 0.05) is 5.75 Å². The number of carbonyl (C=O) groups is 1. The minimum atomic E-state index is -3.76. The molecular weight excluding hydrogens is 387 g/mol. The van der Waals surface area contributed by atoms with Crippen LogP contribution in [0.25, 0.3) is 0 Å². The summed E-state index contributed by atoms with van der Waals surface area (Å²) >= 11 is 2.75. The minimum absolute atomic E-state index is 0.0779. The van der Waals surface area contributed by atoms with E-state index in [1.807, 2.05) is 6.92 Å². The normalized spacial score (nSPS) is 11.3. The number of nitrogens with zero attached hydrogens (tertiary/aromatic N) is 3. The molecule has 1 amide bonds. The van der Waals surface area contributed by atoms with Gasteiger partial charge in [0.2, 0.25) is 21.1 Å². The third-order valence-electron chi connectivity index (χ3n) is 2.87. The van der Waals surface area contributed by atoms with Gasteiger partial charge in [0.25, 0.3) is 0 Å². The number of aromatic nitrogens is 2. The van der Waals surface area contributed by atoms with Crippen molar-refractivity contribution in [1.82, 2.24) is 10.2 Å². The maximum Gasteiger partial charge on any atom is 0.246 e. The standard InChI is InChI=1S/C14H17FN4O3S3/c1-3-7-23-14-18-17-13(24-14)16-12(20)9-19(25(2,21)22)11-6-4-5-10(15)8-11/h4-6,8H,3,7,9H2,1-2H3,(H,16,17,20). The maximum atomic E-state index is 13.4. The van der Waals surface area contributed by atoms with E-state index in [1.54, 1.807) is 0 Å². The highest BCUT2D eigenvalue weighted by Crippen LogP contribution is 2.26. The largest absolute Gasteiger partial charge is 0.299 e. The molecule has 136 valence electrons. The van der Waals surface area contributed by atoms with E-state index in [0.29, 0.717) is 0 Å². The van der Waals surface area contributed by atoms with Crippen LogP contribution in [0.2, 0.25) is 0 Å². The third-order valence-corrected chi connectivity index (χ3v) is 6.18. The van der Waals surface area contributed by atoms with Crippen LogP contribution in [0.3, 0.4) is 0 Å². The smallest absolute Gasteiger partial charge is 0.246 e. The van der Waals surface area contributed by atoms with E-state index in [4.69, 9.17) is 0 Å². The number of carbonyl (C=O) groups excluding carboxylic acids is 1. The lowest BCUT2D eigenvalue weighted by Gasteiger charge is -2.21. The molecule has 0 saturated carbocycles. The molecule has 0 radical (unpaired) electrons. The van der Waals surface area contributed by atoms with Crippen molar-refractivity contribution in [1.29, 1.82) is 0 Å². The van der Waals surface area contributed by atoms with Gasteiger partial charge in [-0.25, -0.2) is 12.8 Å². The Bertz CT molecular complexity index is 841. The van der Waals surface area contributed by atoms with Crippen molar-refractivity contribution < 1.29 is 17.6 Å². The Labute approximate surface area is 153 Å². The zero-order valence-electron chi connectivity index (χ0n) is 13.6. The number of thioether (sulfide) groups is 1. The SMILES string of the molecule is CCCSc1nnc(NC(=O)CN(c2cccc(F)c2)S(C)(=O)=O)s1. The molecule has 0 atom stereocenters. The Balaban J connectivity index is 2.08. The molecule has 25 heavy (non-hydrogen) atoms. The molecule has 0 aliphatic heterocycles. The van der Waals surface area contributed by atoms with Crippen LogP contribution in [0, 0.1) is 5.82 Å². The molecule has 7 nitrogen and oxygen atoms in total. The van der Waals surface area contributed by atoms with E-state index in [-0.39, 0.29) is 10.8 Å². The first-order valence-corrected chi connectivity index (χ1v) is 10.9. The second kappa shape index (κ2) is 8.59. The molecule has 0 aliphatic carbocycles. The zero-order chi connectivity index (χ0) is 18.4. The van der Waals surface area contributed by atoms with Crippen molar-refractivity contribution in [3.05, 3.63) is 30.1 Å². The number of hydrogen-bond donors (Lipinski definition) is 1. The van der Waals surface area contributed by atoms with Crippen LogP contribution in [0.1, 0.15) is 13.3 Å². The molecule has 0 spiro atoms. The topological polar surface area (TPSA) is 92.3 Å². The second-order valence-corrected chi connectivity index (χ2v) is 9.25. The van der Waals surface area contributed by atoms with Gasteiger partial charge in [-0.15, -0.1) is 10.2 Å². The molecule has 2 aromatic rings. The lowest BCUT2D eigenvalue weighted by molar-refractivity contribution is -0.114. The number of rotatable bonds is 8. The van der Waals surface area contributed by atoms with Crippen molar-refractivity contribution in [2.24, 2.45) is 0 Å². The molecule has 1 N–H and O–H groups in total. The van der Waals surface area contributed by atoms with Crippen LogP contribution in [0.4, 0.5) is 15.2 Å². The van der Waals surface area contributed by atoms with Crippen molar-refractivity contribution in [2.75, 3.05) is 28.2 Å². The molecule has 0 fully saturated rings. The fraction of sp³-hybridized carbons (Fsp3) is 0.357. The molecule has 0 unspecified atom stereocenters. The van der Waals surface area contributed by atoms with Gasteiger partial charge in [-0.2, -0.15) is 0 Å². The number of nitrogens with one attached hydrogen (secondary N) is 1. The number of sulfonamides is 1. The monoisotopic (exact) mass is 404 g/mol. The van der Waals surface area contributed by atoms with Gasteiger partial charge >= 0.3 is 0 Å². The highest BCUT2D eigenvalue weighted by atomic mass is 32.2. The van der Waals surface area contributed by atoms with Gasteiger partial charge in [0.1, 0.15) is 12.4 Å². The van der Waals surface area contributed by atoms with Crippen molar-refractivity contribution in [3.8, 4) is 0 Å². The quantitative estimate of drug-likeness (QED) is 0.537. The lowest BCUT2D eigenvalue weighted by atomic mass is 10.3. The predicted molar refractivity (Wildman–Crippen MR) is 98.1 cm³/mol. The Morgan fingerprint density at radius 2 is 2.16 bits per heavy atom. The fourth-order valence-corrected chi connectivity index (χ4v) is 4.37. The third kappa shape index (κ3) is 5.94. The van der Waals surface area contributed by atoms with E-state index in [1.165, 1.54) is 41.3 Å². The molecule has 0 aliphatic rings. The molecular formula is C14H17FN4O3S3. The van der Waals surface area contributed by atoms with Crippen molar-refractivity contribution >= 4 is 49.8 Å². The summed E-state index contributed by atoms with van der Waals surface area (Å²) in [5.41, 5.74) is 0.0779. The number of hydrogen-bond acceptors (Lipinski definition) is 7. The first-order valence-electron chi connectivity index (χ1n) is 7.29. The zero-order valence-corrected chi connectivity index (χ0v) is 16.0. The van der Waals surface area contributed by atoms with Crippen LogP contribution in [-0.4, -0.2) is 43.1 Å². The first-order chi connectivity index (χ1) is 11.8. The van der Waals surface area contributed by atoms with Crippen LogP contribution in [0.15, 0.2) is 28.6 Å². The summed E-state index contributed by atoms with van der Waals surface area (Å²) in [6.45, 7) is 1.56. The average molecular weight is 405 g/mol. The van der Waals surface area contributed by atoms with Crippen LogP contribution >= 0.6 is 23.1 Å². The van der Waals surface area contributed by atoms with Gasteiger partial charge in [-0.1, -0.05) is 36.1 Å². The highest BCUT2D eigenvalue weighted by Gasteiger charge is 2.22. The van der Waals surface area contributed by atoms with E-state index < -0.39 is 28.3 Å². The second-order valence-electron chi connectivity index (χ2n) is 5.02. The number of amides is 1. The van der Waals surface area contributed by atoms with Gasteiger partial charge in [-0.3, -0.25) is 14.4 Å². The lowest BCUT2D eigenvalue weighted by Crippen LogP contribution is -2.37. The van der Waals surface area contributed by atoms with E-state index in [2.05, 4.69) is 15.5 Å². The van der Waals surface area contributed by atoms with E-state index in [0.717, 1.165) is 33.1 Å². The maximum absolute atomic E-state index is 13.4. The summed E-state index contributed by atoms with van der Waals surface area (Å²) in [7, 11) is -3.76. The summed E-state index contributed by atoms with van der Waals surface area (Å²) in [6.07, 6.45) is 1.94. The first kappa shape index (κ1) is 19.6. The summed E-state index contributed by atoms with van der Waals surface area (Å²) < 4.78 is 38.8. The highest BCUT2D eigenvalue weighted by molar-refractivity contribution is 8.01. The summed E-state index contributed by atoms with van der Waals surface area (Å²) in [5.74, 6) is -0.282. The minimum Gasteiger partial charge on any atom is -0.299 e. The molecule has 1 aromatic carbocycles. The van der Waals surface area contributed by atoms with Crippen LogP contribution in [-0.2, 0) is 14.8 Å². The molecule has 1 aromatic heterocycles. The fourth-order valence-electron chi connectivity index (χ4n) is 1.83. The molecule has 1 heterocycles. The summed E-state index contributed by atoms with van der Waals surface area (Å²) in [5, 5.41) is 10.6. The van der Waals surface area contributed by atoms with E-state index in [9.17, 15) is 17.6 Å². The Morgan fingerprint density at radius 1 is 1.40 bits per heavy atom. The summed E-state index contributed by atoms with van der Waals surface area (Å²) in [4.78, 5) is 12.2. The van der Waals surface area contributed by atoms with Gasteiger partial charge in [0.05, 0.1) is 11.9 Å². The molecule has 2 rings (SSSR count). The van der Waals surface area contributed by atoms with Crippen molar-refractivity contribution in [2.45, 2.75) is 17.7 Å². The average Bonchev–Trinajstić information content (AvgIpc) is 2.97. The van der Waals surface area contributed by atoms with Gasteiger partial charge in [-0.05, 0) is 24.6 Å². The van der Waals surface area contributed by atoms with E-state index >= 15 is 0 Å². The van der Waals surface area contributed by atoms with Crippen molar-refractivity contribution in [3.63, 3.8) is 0 Å². The van der Waals surface area contributed by atoms with Gasteiger partial charge < -0.3 is 0 Å². The number of benzene rings is 1. The Kier molecular flexibility index (Phi) is 6.73.